The topological polar surface area (TPSA) is 46.6 Å². The molecule has 1 saturated heterocycles. The summed E-state index contributed by atoms with van der Waals surface area (Å²) in [5.41, 5.74) is 0.402. The zero-order chi connectivity index (χ0) is 16.5. The maximum atomic E-state index is 12.6. The van der Waals surface area contributed by atoms with Crippen LogP contribution >= 0.6 is 11.8 Å². The molecule has 22 heavy (non-hydrogen) atoms. The van der Waals surface area contributed by atoms with Gasteiger partial charge in [0, 0.05) is 4.75 Å². The Morgan fingerprint density at radius 3 is 2.36 bits per heavy atom. The van der Waals surface area contributed by atoms with Crippen LogP contribution in [0.5, 0.6) is 0 Å². The maximum Gasteiger partial charge on any atom is 0.412 e. The number of hydrogen-bond acceptors (Lipinski definition) is 4. The lowest BCUT2D eigenvalue weighted by Gasteiger charge is -2.31. The van der Waals surface area contributed by atoms with Gasteiger partial charge in [-0.1, -0.05) is 30.3 Å². The second-order valence-electron chi connectivity index (χ2n) is 6.95. The highest BCUT2D eigenvalue weighted by Crippen LogP contribution is 2.52. The predicted octanol–water partition coefficient (Wildman–Crippen LogP) is 4.02. The summed E-state index contributed by atoms with van der Waals surface area (Å²) < 4.78 is 5.15. The number of rotatable bonds is 2. The van der Waals surface area contributed by atoms with E-state index in [1.165, 1.54) is 0 Å². The molecule has 1 aromatic carbocycles. The maximum absolute atomic E-state index is 12.6. The fourth-order valence-electron chi connectivity index (χ4n) is 2.49. The number of benzene rings is 1. The van der Waals surface area contributed by atoms with Crippen LogP contribution in [-0.4, -0.2) is 33.7 Å². The van der Waals surface area contributed by atoms with E-state index in [1.807, 2.05) is 65.0 Å². The monoisotopic (exact) mass is 321 g/mol. The molecule has 0 aliphatic carbocycles. The number of aldehydes is 1. The van der Waals surface area contributed by atoms with E-state index < -0.39 is 17.7 Å². The molecule has 1 fully saturated rings. The van der Waals surface area contributed by atoms with E-state index in [4.69, 9.17) is 4.74 Å². The highest BCUT2D eigenvalue weighted by molar-refractivity contribution is 8.01. The quantitative estimate of drug-likeness (QED) is 0.772. The van der Waals surface area contributed by atoms with E-state index in [1.54, 1.807) is 16.7 Å². The number of ether oxygens (including phenoxy) is 1. The van der Waals surface area contributed by atoms with Crippen molar-refractivity contribution in [3.63, 3.8) is 0 Å². The lowest BCUT2D eigenvalue weighted by Crippen LogP contribution is -2.47. The molecule has 1 aliphatic rings. The summed E-state index contributed by atoms with van der Waals surface area (Å²) in [4.78, 5) is 25.8. The van der Waals surface area contributed by atoms with Gasteiger partial charge in [-0.05, 0) is 40.2 Å². The first-order valence-corrected chi connectivity index (χ1v) is 8.23. The smallest absolute Gasteiger partial charge is 0.412 e. The van der Waals surface area contributed by atoms with Crippen molar-refractivity contribution < 1.29 is 14.3 Å². The molecule has 0 bridgehead atoms. The third-order valence-corrected chi connectivity index (χ3v) is 5.07. The second-order valence-corrected chi connectivity index (χ2v) is 8.69. The fourth-order valence-corrected chi connectivity index (χ4v) is 4.00. The molecular formula is C17H23NO3S. The highest BCUT2D eigenvalue weighted by Gasteiger charge is 2.51. The van der Waals surface area contributed by atoms with Gasteiger partial charge in [-0.15, -0.1) is 11.8 Å². The molecule has 2 atom stereocenters. The van der Waals surface area contributed by atoms with Gasteiger partial charge in [-0.3, -0.25) is 4.90 Å². The lowest BCUT2D eigenvalue weighted by molar-refractivity contribution is -0.113. The highest BCUT2D eigenvalue weighted by atomic mass is 32.2. The van der Waals surface area contributed by atoms with Gasteiger partial charge < -0.3 is 9.53 Å². The van der Waals surface area contributed by atoms with Gasteiger partial charge in [0.25, 0.3) is 0 Å². The van der Waals surface area contributed by atoms with Gasteiger partial charge in [0.1, 0.15) is 23.3 Å². The number of carbonyl (C=O) groups excluding carboxylic acids is 2. The van der Waals surface area contributed by atoms with Crippen LogP contribution in [0.1, 0.15) is 45.6 Å². The standard InChI is InChI=1S/C17H23NO3S/c1-16(2,3)21-15(20)18-13(11-19)17(4,5)22-14(18)12-9-7-6-8-10-12/h6-11,13-14H,1-5H3/t13-,14?/m0/s1. The minimum Gasteiger partial charge on any atom is -0.444 e. The lowest BCUT2D eigenvalue weighted by atomic mass is 10.0. The molecule has 1 aromatic rings. The van der Waals surface area contributed by atoms with Gasteiger partial charge >= 0.3 is 6.09 Å². The van der Waals surface area contributed by atoms with Crippen LogP contribution in [0.15, 0.2) is 30.3 Å². The zero-order valence-corrected chi connectivity index (χ0v) is 14.5. The molecule has 1 aliphatic heterocycles. The molecule has 0 radical (unpaired) electrons. The molecular weight excluding hydrogens is 298 g/mol. The molecule has 0 spiro atoms. The Kier molecular flexibility index (Phi) is 4.57. The average Bonchev–Trinajstić information content (AvgIpc) is 2.69. The van der Waals surface area contributed by atoms with E-state index in [0.717, 1.165) is 11.8 Å². The molecule has 0 N–H and O–H groups in total. The fraction of sp³-hybridized carbons (Fsp3) is 0.529. The third kappa shape index (κ3) is 3.46. The molecule has 1 unspecified atom stereocenters. The van der Waals surface area contributed by atoms with Crippen molar-refractivity contribution in [2.24, 2.45) is 0 Å². The van der Waals surface area contributed by atoms with Crippen LogP contribution in [0, 0.1) is 0 Å². The molecule has 2 rings (SSSR count). The summed E-state index contributed by atoms with van der Waals surface area (Å²) in [5, 5.41) is -0.221. The normalized spacial score (nSPS) is 24.1. The van der Waals surface area contributed by atoms with Crippen LogP contribution in [0.3, 0.4) is 0 Å². The predicted molar refractivity (Wildman–Crippen MR) is 88.8 cm³/mol. The minimum absolute atomic E-state index is 0.221. The van der Waals surface area contributed by atoms with Crippen molar-refractivity contribution in [2.75, 3.05) is 0 Å². The van der Waals surface area contributed by atoms with Gasteiger partial charge in [0.2, 0.25) is 0 Å². The molecule has 4 nitrogen and oxygen atoms in total. The number of amides is 1. The van der Waals surface area contributed by atoms with E-state index in [-0.39, 0.29) is 10.1 Å². The third-order valence-electron chi connectivity index (χ3n) is 3.50. The van der Waals surface area contributed by atoms with Gasteiger partial charge in [0.15, 0.2) is 0 Å². The van der Waals surface area contributed by atoms with E-state index in [0.29, 0.717) is 0 Å². The minimum atomic E-state index is -0.594. The first-order chi connectivity index (χ1) is 10.2. The summed E-state index contributed by atoms with van der Waals surface area (Å²) in [6, 6.07) is 9.23. The van der Waals surface area contributed by atoms with Crippen LogP contribution in [0.25, 0.3) is 0 Å². The van der Waals surface area contributed by atoms with E-state index >= 15 is 0 Å². The van der Waals surface area contributed by atoms with Crippen LogP contribution in [0.4, 0.5) is 4.79 Å². The van der Waals surface area contributed by atoms with Gasteiger partial charge in [-0.2, -0.15) is 0 Å². The first-order valence-electron chi connectivity index (χ1n) is 7.35. The van der Waals surface area contributed by atoms with Crippen LogP contribution in [0.2, 0.25) is 0 Å². The van der Waals surface area contributed by atoms with Crippen molar-refractivity contribution >= 4 is 24.1 Å². The Morgan fingerprint density at radius 1 is 1.27 bits per heavy atom. The Labute approximate surface area is 136 Å². The summed E-state index contributed by atoms with van der Waals surface area (Å²) in [6.07, 6.45) is 0.399. The summed E-state index contributed by atoms with van der Waals surface area (Å²) in [7, 11) is 0. The zero-order valence-electron chi connectivity index (χ0n) is 13.7. The second kappa shape index (κ2) is 5.95. The summed E-state index contributed by atoms with van der Waals surface area (Å²) >= 11 is 1.61. The largest absolute Gasteiger partial charge is 0.444 e. The summed E-state index contributed by atoms with van der Waals surface area (Å²) in [6.45, 7) is 9.44. The van der Waals surface area contributed by atoms with Crippen LogP contribution < -0.4 is 0 Å². The Morgan fingerprint density at radius 2 is 1.86 bits per heavy atom. The van der Waals surface area contributed by atoms with Crippen molar-refractivity contribution in [1.82, 2.24) is 4.90 Å². The van der Waals surface area contributed by atoms with Crippen molar-refractivity contribution in [2.45, 2.75) is 56.4 Å². The molecule has 120 valence electrons. The number of carbonyl (C=O) groups is 2. The molecule has 0 saturated carbocycles. The average molecular weight is 321 g/mol. The van der Waals surface area contributed by atoms with Gasteiger partial charge in [-0.25, -0.2) is 4.79 Å². The first kappa shape index (κ1) is 16.9. The molecule has 5 heteroatoms. The SMILES string of the molecule is CC(C)(C)OC(=O)N1C(c2ccccc2)SC(C)(C)[C@@H]1C=O. The Balaban J connectivity index is 2.39. The van der Waals surface area contributed by atoms with Crippen molar-refractivity contribution in [1.29, 1.82) is 0 Å². The van der Waals surface area contributed by atoms with Gasteiger partial charge in [0.05, 0.1) is 0 Å². The van der Waals surface area contributed by atoms with E-state index in [9.17, 15) is 9.59 Å². The molecule has 0 aromatic heterocycles. The number of thioether (sulfide) groups is 1. The molecule has 1 heterocycles. The van der Waals surface area contributed by atoms with Crippen LogP contribution in [-0.2, 0) is 9.53 Å². The Bertz CT molecular complexity index is 551. The summed E-state index contributed by atoms with van der Waals surface area (Å²) in [5.74, 6) is 0. The van der Waals surface area contributed by atoms with Crippen molar-refractivity contribution in [3.05, 3.63) is 35.9 Å². The number of hydrogen-bond donors (Lipinski definition) is 0. The van der Waals surface area contributed by atoms with E-state index in [2.05, 4.69) is 0 Å². The molecule has 1 amide bonds. The number of nitrogens with zero attached hydrogens (tertiary/aromatic N) is 1. The Hall–Kier alpha value is -1.49. The van der Waals surface area contributed by atoms with Crippen molar-refractivity contribution in [3.8, 4) is 0 Å².